The van der Waals surface area contributed by atoms with Gasteiger partial charge < -0.3 is 85.9 Å². The van der Waals surface area contributed by atoms with Crippen LogP contribution in [0.3, 0.4) is 0 Å². The van der Waals surface area contributed by atoms with E-state index in [1.54, 1.807) is 27.7 Å². The van der Waals surface area contributed by atoms with Crippen LogP contribution < -0.4 is 21.7 Å². The Hall–Kier alpha value is -1.92. The van der Waals surface area contributed by atoms with Crippen LogP contribution in [0.15, 0.2) is 0 Å². The maximum atomic E-state index is 13.6. The number of nitrogens with zero attached hydrogens (tertiary/aromatic N) is 3. The van der Waals surface area contributed by atoms with E-state index < -0.39 is 147 Å². The van der Waals surface area contributed by atoms with Crippen LogP contribution in [0.25, 0.3) is 0 Å². The number of aliphatic carboxylic acids is 1. The molecule has 3 saturated heterocycles. The van der Waals surface area contributed by atoms with Gasteiger partial charge in [-0.05, 0) is 19.8 Å². The standard InChI is InChI=1S/C39H73N7O29.Gd/c1-19(2)30-24(49)25(50)33(35(68-30)37(56)57)70-38-28(53)26(51)31(69-39-29(54)27(52)32(66-20(3)4)34(71-39)36(55)43-6-5-40)21(67-38)13-22(47)41-7-8-42-23(48)14-45(16-63-73-59)11-9-44(15-62-72-58)10-12-46(17-64-74-60)18-65-75-61;/h19-21,24-35,38-39,49-54,58-61H,5-18,40H2,1-4H3,(H,41,47)(H,42,48)(H,43,55)(H,56,57);/q;+3/t21?,24?,25-,26-,27-,28?,29?,30+,31-,32+,33+,34?,35?,38+,39-;/m1./s1. The van der Waals surface area contributed by atoms with E-state index in [4.69, 9.17) is 55.2 Å². The van der Waals surface area contributed by atoms with Crippen LogP contribution in [0, 0.1) is 45.9 Å². The minimum atomic E-state index is -2.19. The van der Waals surface area contributed by atoms with Crippen LogP contribution in [-0.4, -0.2) is 279 Å². The van der Waals surface area contributed by atoms with Crippen molar-refractivity contribution in [1.29, 1.82) is 0 Å². The Labute approximate surface area is 465 Å². The topological polar surface area (TPSA) is 492 Å². The van der Waals surface area contributed by atoms with E-state index in [0.717, 1.165) is 0 Å². The molecular formula is C39H73GdN7O29+3. The van der Waals surface area contributed by atoms with Gasteiger partial charge >= 0.3 is 45.9 Å². The third-order valence-corrected chi connectivity index (χ3v) is 11.6. The quantitative estimate of drug-likeness (QED) is 0.0120. The number of ether oxygens (including phenoxy) is 6. The number of aliphatic hydroxyl groups is 6. The second-order valence-electron chi connectivity index (χ2n) is 17.7. The van der Waals surface area contributed by atoms with E-state index >= 15 is 0 Å². The Bertz CT molecular complexity index is 1650. The van der Waals surface area contributed by atoms with Crippen molar-refractivity contribution in [2.45, 2.75) is 132 Å². The first-order valence-electron chi connectivity index (χ1n) is 23.4. The average molecular weight is 1260 g/mol. The van der Waals surface area contributed by atoms with Crippen molar-refractivity contribution in [3.63, 3.8) is 0 Å². The average Bonchev–Trinajstić information content (AvgIpc) is 3.37. The Morgan fingerprint density at radius 2 is 1.04 bits per heavy atom. The summed E-state index contributed by atoms with van der Waals surface area (Å²) < 4.78 is 34.6. The first-order valence-corrected chi connectivity index (χ1v) is 23.4. The largest absolute Gasteiger partial charge is 3.00 e. The number of carbonyl (C=O) groups is 4. The Balaban J connectivity index is 0.0000198. The van der Waals surface area contributed by atoms with Gasteiger partial charge in [0.2, 0.25) is 11.8 Å². The number of nitrogens with two attached hydrogens (primary N) is 1. The molecule has 15 atom stereocenters. The van der Waals surface area contributed by atoms with Crippen molar-refractivity contribution < 1.29 is 184 Å². The summed E-state index contributed by atoms with van der Waals surface area (Å²) in [6.45, 7) is 4.08. The van der Waals surface area contributed by atoms with Crippen molar-refractivity contribution in [2.75, 3.05) is 85.8 Å². The maximum Gasteiger partial charge on any atom is 3.00 e. The summed E-state index contributed by atoms with van der Waals surface area (Å²) >= 11 is 0. The predicted molar refractivity (Wildman–Crippen MR) is 235 cm³/mol. The molecule has 0 aliphatic carbocycles. The van der Waals surface area contributed by atoms with Gasteiger partial charge in [0.05, 0.1) is 31.3 Å². The van der Waals surface area contributed by atoms with E-state index in [9.17, 15) is 54.9 Å². The van der Waals surface area contributed by atoms with Gasteiger partial charge in [0.15, 0.2) is 24.8 Å². The number of carbonyl (C=O) groups excluding carboxylic acids is 3. The second-order valence-corrected chi connectivity index (χ2v) is 17.7. The van der Waals surface area contributed by atoms with Crippen molar-refractivity contribution in [3.8, 4) is 0 Å². The first-order chi connectivity index (χ1) is 35.7. The Morgan fingerprint density at radius 1 is 0.566 bits per heavy atom. The van der Waals surface area contributed by atoms with Crippen molar-refractivity contribution in [3.05, 3.63) is 0 Å². The maximum absolute atomic E-state index is 13.6. The number of hydrogen-bond donors (Lipinski definition) is 15. The molecule has 0 aromatic carbocycles. The number of aliphatic hydroxyl groups excluding tert-OH is 6. The summed E-state index contributed by atoms with van der Waals surface area (Å²) in [5.41, 5.74) is 5.54. The van der Waals surface area contributed by atoms with Crippen molar-refractivity contribution in [2.24, 2.45) is 11.7 Å². The number of amides is 3. The molecule has 0 aromatic rings. The SMILES string of the molecule is CC(C)O[C@@H]1C(C(=O)NCCN)O[C@@H](O[C@@H]2C(CC(=O)NCCNC(=O)CN(CCN(CCN(COOO)COOO)COOO)COOO)O[C@@H](O[C@@H]3C(C(=O)O)O[C@@H](C(C)C)C(O)[C@H]3O)C(O)[C@H]2O)C(O)[C@H]1O.[Gd+3]. The smallest absolute Gasteiger partial charge is 0.479 e. The number of hydrogen-bond acceptors (Lipinski definition) is 32. The zero-order chi connectivity index (χ0) is 55.8. The predicted octanol–water partition coefficient (Wildman–Crippen LogP) is -7.21. The van der Waals surface area contributed by atoms with E-state index in [1.807, 2.05) is 0 Å². The first kappa shape index (κ1) is 70.2. The van der Waals surface area contributed by atoms with E-state index in [0.29, 0.717) is 0 Å². The van der Waals surface area contributed by atoms with E-state index in [1.165, 1.54) is 14.7 Å². The van der Waals surface area contributed by atoms with Gasteiger partial charge in [-0.15, -0.1) is 0 Å². The molecule has 3 aliphatic heterocycles. The summed E-state index contributed by atoms with van der Waals surface area (Å²) in [6.07, 6.45) is -29.1. The number of carboxylic acid groups (broad SMARTS) is 1. The Morgan fingerprint density at radius 3 is 1.57 bits per heavy atom. The molecule has 3 amide bonds. The molecule has 0 saturated carbocycles. The molecule has 443 valence electrons. The fourth-order valence-electron chi connectivity index (χ4n) is 7.85. The molecule has 76 heavy (non-hydrogen) atoms. The molecule has 37 heteroatoms. The van der Waals surface area contributed by atoms with Gasteiger partial charge in [-0.25, -0.2) is 25.8 Å². The van der Waals surface area contributed by atoms with Gasteiger partial charge in [0.1, 0.15) is 81.9 Å². The van der Waals surface area contributed by atoms with Crippen molar-refractivity contribution in [1.82, 2.24) is 30.7 Å². The third-order valence-electron chi connectivity index (χ3n) is 11.6. The summed E-state index contributed by atoms with van der Waals surface area (Å²) in [5.74, 6) is -4.47. The van der Waals surface area contributed by atoms with E-state index in [-0.39, 0.29) is 112 Å². The second kappa shape index (κ2) is 37.2. The molecule has 3 heterocycles. The molecule has 0 spiro atoms. The fraction of sp³-hybridized carbons (Fsp3) is 0.897. The molecule has 1 radical (unpaired) electrons. The molecule has 0 bridgehead atoms. The minimum Gasteiger partial charge on any atom is -0.479 e. The number of carboxylic acids is 1. The van der Waals surface area contributed by atoms with Crippen LogP contribution in [0.2, 0.25) is 0 Å². The molecule has 0 aromatic heterocycles. The van der Waals surface area contributed by atoms with E-state index in [2.05, 4.69) is 55.7 Å². The molecule has 16 N–H and O–H groups in total. The summed E-state index contributed by atoms with van der Waals surface area (Å²) in [6, 6.07) is 0. The normalized spacial score (nSPS) is 30.0. The van der Waals surface area contributed by atoms with Gasteiger partial charge in [-0.2, -0.15) is 19.6 Å². The summed E-state index contributed by atoms with van der Waals surface area (Å²) in [5, 5.41) is 134. The van der Waals surface area contributed by atoms with Crippen LogP contribution in [-0.2, 0) is 87.3 Å². The third kappa shape index (κ3) is 22.6. The van der Waals surface area contributed by atoms with Crippen LogP contribution in [0.4, 0.5) is 0 Å². The van der Waals surface area contributed by atoms with Gasteiger partial charge in [0.25, 0.3) is 5.91 Å². The van der Waals surface area contributed by atoms with Gasteiger partial charge in [0, 0.05) is 52.4 Å². The van der Waals surface area contributed by atoms with Crippen LogP contribution in [0.5, 0.6) is 0 Å². The molecular weight excluding hydrogens is 1190 g/mol. The molecule has 3 rings (SSSR count). The van der Waals surface area contributed by atoms with Crippen molar-refractivity contribution >= 4 is 23.7 Å². The van der Waals surface area contributed by atoms with Crippen LogP contribution in [0.1, 0.15) is 34.1 Å². The molecule has 3 fully saturated rings. The molecule has 6 unspecified atom stereocenters. The van der Waals surface area contributed by atoms with Crippen LogP contribution >= 0.6 is 0 Å². The fourth-order valence-corrected chi connectivity index (χ4v) is 7.85. The van der Waals surface area contributed by atoms with Gasteiger partial charge in [-0.1, -0.05) is 34.0 Å². The number of nitrogens with one attached hydrogen (secondary N) is 3. The summed E-state index contributed by atoms with van der Waals surface area (Å²) in [4.78, 5) is 74.3. The Kier molecular flexibility index (Phi) is 34.3. The molecule has 3 aliphatic rings. The number of rotatable bonds is 36. The summed E-state index contributed by atoms with van der Waals surface area (Å²) in [7, 11) is 0. The van der Waals surface area contributed by atoms with Gasteiger partial charge in [-0.3, -0.25) is 29.1 Å². The minimum absolute atomic E-state index is 0. The zero-order valence-corrected chi connectivity index (χ0v) is 44.0. The molecule has 36 nitrogen and oxygen atoms in total. The monoisotopic (exact) mass is 1260 g/mol. The zero-order valence-electron chi connectivity index (χ0n) is 41.8.